The summed E-state index contributed by atoms with van der Waals surface area (Å²) in [5.41, 5.74) is 0.573. The topological polar surface area (TPSA) is 78.5 Å². The predicted molar refractivity (Wildman–Crippen MR) is 68.9 cm³/mol. The Morgan fingerprint density at radius 1 is 1.23 bits per heavy atom. The number of urea groups is 1. The Kier molecular flexibility index (Phi) is 4.15. The molecule has 0 aromatic heterocycles. The molecule has 6 nitrogen and oxygen atoms in total. The zero-order valence-corrected chi connectivity index (χ0v) is 11.0. The Morgan fingerprint density at radius 2 is 1.86 bits per heavy atom. The van der Waals surface area contributed by atoms with Crippen molar-refractivity contribution in [3.05, 3.63) is 42.0 Å². The third-order valence-electron chi connectivity index (χ3n) is 2.70. The number of rotatable bonds is 3. The Balaban J connectivity index is 2.21. The lowest BCUT2D eigenvalue weighted by atomic mass is 10.1. The van der Waals surface area contributed by atoms with Crippen LogP contribution in [0.25, 0.3) is 5.57 Å². The molecule has 0 bridgehead atoms. The number of carbonyl (C=O) groups is 3. The molecular weight excluding hydrogens is 303 g/mol. The van der Waals surface area contributed by atoms with E-state index in [1.165, 1.54) is 30.3 Å². The molecule has 0 unspecified atom stereocenters. The lowest BCUT2D eigenvalue weighted by Crippen LogP contribution is -2.43. The number of hydrazine groups is 1. The van der Waals surface area contributed by atoms with Crippen LogP contribution < -0.4 is 10.7 Å². The van der Waals surface area contributed by atoms with Crippen LogP contribution in [0.4, 0.5) is 18.0 Å². The van der Waals surface area contributed by atoms with E-state index >= 15 is 0 Å². The highest BCUT2D eigenvalue weighted by atomic mass is 19.4. The Hall–Kier alpha value is -2.84. The molecule has 0 radical (unpaired) electrons. The van der Waals surface area contributed by atoms with Gasteiger partial charge < -0.3 is 0 Å². The quantitative estimate of drug-likeness (QED) is 0.650. The van der Waals surface area contributed by atoms with Gasteiger partial charge in [-0.1, -0.05) is 30.3 Å². The van der Waals surface area contributed by atoms with Crippen LogP contribution >= 0.6 is 0 Å². The Morgan fingerprint density at radius 3 is 2.36 bits per heavy atom. The first-order valence-electron chi connectivity index (χ1n) is 6.03. The van der Waals surface area contributed by atoms with Crippen LogP contribution in [0.2, 0.25) is 0 Å². The van der Waals surface area contributed by atoms with Gasteiger partial charge in [0.05, 0.1) is 5.57 Å². The largest absolute Gasteiger partial charge is 0.417 e. The van der Waals surface area contributed by atoms with Gasteiger partial charge >= 0.3 is 12.2 Å². The number of halogens is 3. The summed E-state index contributed by atoms with van der Waals surface area (Å²) in [5, 5.41) is 2.48. The molecule has 22 heavy (non-hydrogen) atoms. The van der Waals surface area contributed by atoms with Gasteiger partial charge in [0.25, 0.3) is 5.91 Å². The second kappa shape index (κ2) is 5.88. The second-order valence-electron chi connectivity index (χ2n) is 4.34. The summed E-state index contributed by atoms with van der Waals surface area (Å²) < 4.78 is 39.1. The van der Waals surface area contributed by atoms with E-state index in [9.17, 15) is 27.6 Å². The van der Waals surface area contributed by atoms with E-state index in [1.807, 2.05) is 10.7 Å². The van der Waals surface area contributed by atoms with Gasteiger partial charge in [-0.05, 0) is 5.56 Å². The molecule has 0 atom stereocenters. The van der Waals surface area contributed by atoms with Crippen molar-refractivity contribution in [1.82, 2.24) is 15.8 Å². The van der Waals surface area contributed by atoms with Gasteiger partial charge in [0, 0.05) is 6.08 Å². The molecule has 1 aromatic carbocycles. The molecule has 1 aromatic rings. The Labute approximate surface area is 122 Å². The monoisotopic (exact) mass is 313 g/mol. The fourth-order valence-corrected chi connectivity index (χ4v) is 1.77. The molecule has 2 N–H and O–H groups in total. The maximum absolute atomic E-state index is 13.0. The lowest BCUT2D eigenvalue weighted by Gasteiger charge is -2.15. The predicted octanol–water partition coefficient (Wildman–Crippen LogP) is 1.22. The molecule has 116 valence electrons. The van der Waals surface area contributed by atoms with Crippen LogP contribution in [0.3, 0.4) is 0 Å². The van der Waals surface area contributed by atoms with Crippen LogP contribution in [-0.4, -0.2) is 35.6 Å². The third kappa shape index (κ3) is 3.62. The normalized spacial score (nSPS) is 15.8. The molecular formula is C13H10F3N3O3. The molecule has 2 rings (SSSR count). The molecule has 1 fully saturated rings. The van der Waals surface area contributed by atoms with E-state index in [2.05, 4.69) is 0 Å². The fourth-order valence-electron chi connectivity index (χ4n) is 1.77. The summed E-state index contributed by atoms with van der Waals surface area (Å²) in [6, 6.07) is 5.86. The first-order valence-corrected chi connectivity index (χ1v) is 6.03. The van der Waals surface area contributed by atoms with E-state index in [-0.39, 0.29) is 5.56 Å². The van der Waals surface area contributed by atoms with E-state index < -0.39 is 36.1 Å². The number of imide groups is 1. The molecule has 1 aliphatic rings. The third-order valence-corrected chi connectivity index (χ3v) is 2.70. The van der Waals surface area contributed by atoms with Crippen molar-refractivity contribution in [3.63, 3.8) is 0 Å². The van der Waals surface area contributed by atoms with Gasteiger partial charge in [0.1, 0.15) is 6.54 Å². The standard InChI is InChI=1S/C13H10F3N3O3/c14-13(15,16)9(8-4-2-1-3-5-8)6-10(20)18-19-7-11(21)17-12(19)22/h1-6H,7H2,(H,18,20)(H,17,21,22). The highest BCUT2D eigenvalue weighted by Crippen LogP contribution is 2.33. The molecule has 0 saturated carbocycles. The maximum atomic E-state index is 13.0. The van der Waals surface area contributed by atoms with Crippen molar-refractivity contribution in [1.29, 1.82) is 0 Å². The molecule has 1 aliphatic heterocycles. The molecule has 1 heterocycles. The maximum Gasteiger partial charge on any atom is 0.417 e. The molecule has 1 saturated heterocycles. The lowest BCUT2D eigenvalue weighted by molar-refractivity contribution is -0.121. The van der Waals surface area contributed by atoms with Gasteiger partial charge in [-0.25, -0.2) is 9.80 Å². The van der Waals surface area contributed by atoms with Gasteiger partial charge in [0.2, 0.25) is 5.91 Å². The van der Waals surface area contributed by atoms with Crippen LogP contribution in [-0.2, 0) is 9.59 Å². The highest BCUT2D eigenvalue weighted by molar-refractivity contribution is 6.04. The number of hydrogen-bond acceptors (Lipinski definition) is 3. The van der Waals surface area contributed by atoms with Crippen molar-refractivity contribution < 1.29 is 27.6 Å². The van der Waals surface area contributed by atoms with Crippen molar-refractivity contribution in [2.75, 3.05) is 6.54 Å². The van der Waals surface area contributed by atoms with Crippen LogP contribution in [0.15, 0.2) is 36.4 Å². The summed E-state index contributed by atoms with van der Waals surface area (Å²) in [4.78, 5) is 33.8. The van der Waals surface area contributed by atoms with Gasteiger partial charge in [-0.3, -0.25) is 20.3 Å². The van der Waals surface area contributed by atoms with Crippen molar-refractivity contribution in [3.8, 4) is 0 Å². The number of benzene rings is 1. The molecule has 0 aliphatic carbocycles. The van der Waals surface area contributed by atoms with Gasteiger partial charge in [-0.2, -0.15) is 13.2 Å². The molecule has 0 spiro atoms. The van der Waals surface area contributed by atoms with E-state index in [1.54, 1.807) is 0 Å². The second-order valence-corrected chi connectivity index (χ2v) is 4.34. The summed E-state index contributed by atoms with van der Waals surface area (Å²) in [5.74, 6) is -1.82. The number of amides is 4. The number of allylic oxidation sites excluding steroid dienone is 1. The minimum absolute atomic E-state index is 0.188. The molecule has 9 heteroatoms. The van der Waals surface area contributed by atoms with Crippen molar-refractivity contribution in [2.24, 2.45) is 0 Å². The summed E-state index contributed by atoms with van der Waals surface area (Å²) in [6.45, 7) is -0.453. The summed E-state index contributed by atoms with van der Waals surface area (Å²) >= 11 is 0. The smallest absolute Gasteiger partial charge is 0.275 e. The van der Waals surface area contributed by atoms with Crippen molar-refractivity contribution >= 4 is 23.4 Å². The summed E-state index contributed by atoms with van der Waals surface area (Å²) in [6.07, 6.45) is -4.41. The summed E-state index contributed by atoms with van der Waals surface area (Å²) in [7, 11) is 0. The number of nitrogens with one attached hydrogen (secondary N) is 2. The first kappa shape index (κ1) is 15.5. The van der Waals surface area contributed by atoms with Gasteiger partial charge in [0.15, 0.2) is 0 Å². The van der Waals surface area contributed by atoms with Crippen LogP contribution in [0.1, 0.15) is 5.56 Å². The zero-order chi connectivity index (χ0) is 16.3. The Bertz CT molecular complexity index is 641. The van der Waals surface area contributed by atoms with E-state index in [4.69, 9.17) is 0 Å². The fraction of sp³-hybridized carbons (Fsp3) is 0.154. The minimum atomic E-state index is -4.75. The highest BCUT2D eigenvalue weighted by Gasteiger charge is 2.36. The van der Waals surface area contributed by atoms with Crippen LogP contribution in [0, 0.1) is 0 Å². The average molecular weight is 313 g/mol. The van der Waals surface area contributed by atoms with Gasteiger partial charge in [-0.15, -0.1) is 0 Å². The first-order chi connectivity index (χ1) is 10.3. The SMILES string of the molecule is O=C(C=C(c1ccccc1)C(F)(F)F)NN1CC(=O)NC1=O. The number of alkyl halides is 3. The number of carbonyl (C=O) groups excluding carboxylic acids is 3. The van der Waals surface area contributed by atoms with Crippen molar-refractivity contribution in [2.45, 2.75) is 6.18 Å². The molecule has 4 amide bonds. The van der Waals surface area contributed by atoms with E-state index in [0.717, 1.165) is 0 Å². The minimum Gasteiger partial charge on any atom is -0.275 e. The van der Waals surface area contributed by atoms with Crippen LogP contribution in [0.5, 0.6) is 0 Å². The zero-order valence-electron chi connectivity index (χ0n) is 11.0. The number of nitrogens with zero attached hydrogens (tertiary/aromatic N) is 1. The van der Waals surface area contributed by atoms with E-state index in [0.29, 0.717) is 11.1 Å². The number of hydrogen-bond donors (Lipinski definition) is 2. The average Bonchev–Trinajstić information content (AvgIpc) is 2.74.